The lowest BCUT2D eigenvalue weighted by Gasteiger charge is -2.33. The molecule has 1 amide bonds. The Balaban J connectivity index is 1.53. The summed E-state index contributed by atoms with van der Waals surface area (Å²) in [6, 6.07) is 10.8. The van der Waals surface area contributed by atoms with Crippen LogP contribution in [0.3, 0.4) is 0 Å². The van der Waals surface area contributed by atoms with Gasteiger partial charge in [0.05, 0.1) is 10.9 Å². The number of carbonyl (C=O) groups excluding carboxylic acids is 1. The minimum atomic E-state index is -3.51. The number of nitrogens with one attached hydrogen (secondary N) is 1. The first-order valence-corrected chi connectivity index (χ1v) is 12.7. The summed E-state index contributed by atoms with van der Waals surface area (Å²) >= 11 is 6.96. The van der Waals surface area contributed by atoms with Crippen LogP contribution in [0.2, 0.25) is 4.34 Å². The second-order valence-corrected chi connectivity index (χ2v) is 11.2. The molecule has 1 fully saturated rings. The first-order chi connectivity index (χ1) is 14.3. The molecule has 1 aliphatic rings. The minimum absolute atomic E-state index is 0.0207. The van der Waals surface area contributed by atoms with Crippen LogP contribution in [-0.2, 0) is 21.4 Å². The molecule has 1 aromatic carbocycles. The zero-order chi connectivity index (χ0) is 21.7. The maximum absolute atomic E-state index is 12.7. The van der Waals surface area contributed by atoms with Crippen molar-refractivity contribution in [1.82, 2.24) is 9.62 Å². The van der Waals surface area contributed by atoms with E-state index in [0.29, 0.717) is 43.4 Å². The number of amides is 1. The van der Waals surface area contributed by atoms with E-state index in [1.165, 1.54) is 4.31 Å². The van der Waals surface area contributed by atoms with E-state index >= 15 is 0 Å². The van der Waals surface area contributed by atoms with Gasteiger partial charge < -0.3 is 10.1 Å². The molecule has 6 nitrogen and oxygen atoms in total. The standard InChI is InChI=1S/C21H27ClN2O4S2/c1-3-28-18-7-5-4-6-17(18)14-23-21(25)15(2)16-10-12-24(13-11-16)30(26,27)20-9-8-19(22)29-20/h4-9,15-16H,3,10-14H2,1-2H3,(H,23,25)/t15-/m0/s1. The van der Waals surface area contributed by atoms with Gasteiger partial charge in [-0.05, 0) is 43.9 Å². The Bertz CT molecular complexity index is 969. The van der Waals surface area contributed by atoms with Gasteiger partial charge in [0, 0.05) is 31.1 Å². The van der Waals surface area contributed by atoms with E-state index < -0.39 is 10.0 Å². The molecule has 1 saturated heterocycles. The number of para-hydroxylation sites is 1. The van der Waals surface area contributed by atoms with Crippen LogP contribution in [0.1, 0.15) is 32.3 Å². The zero-order valence-electron chi connectivity index (χ0n) is 17.1. The highest BCUT2D eigenvalue weighted by Gasteiger charge is 2.34. The lowest BCUT2D eigenvalue weighted by atomic mass is 9.85. The Hall–Kier alpha value is -1.61. The average molecular weight is 471 g/mol. The van der Waals surface area contributed by atoms with Gasteiger partial charge in [-0.2, -0.15) is 4.31 Å². The molecule has 164 valence electrons. The monoisotopic (exact) mass is 470 g/mol. The summed E-state index contributed by atoms with van der Waals surface area (Å²) in [4.78, 5) is 12.7. The van der Waals surface area contributed by atoms with Crippen LogP contribution < -0.4 is 10.1 Å². The summed E-state index contributed by atoms with van der Waals surface area (Å²) in [6.07, 6.45) is 1.31. The molecule has 2 aromatic rings. The Labute approximate surface area is 187 Å². The highest BCUT2D eigenvalue weighted by atomic mass is 35.5. The van der Waals surface area contributed by atoms with Crippen molar-refractivity contribution in [2.24, 2.45) is 11.8 Å². The smallest absolute Gasteiger partial charge is 0.252 e. The third kappa shape index (κ3) is 5.35. The molecule has 0 bridgehead atoms. The van der Waals surface area contributed by atoms with Gasteiger partial charge in [0.2, 0.25) is 5.91 Å². The van der Waals surface area contributed by atoms with Gasteiger partial charge >= 0.3 is 0 Å². The van der Waals surface area contributed by atoms with Crippen LogP contribution in [0, 0.1) is 11.8 Å². The Kier molecular flexibility index (Phi) is 7.79. The van der Waals surface area contributed by atoms with E-state index in [1.807, 2.05) is 38.1 Å². The third-order valence-electron chi connectivity index (χ3n) is 5.49. The lowest BCUT2D eigenvalue weighted by molar-refractivity contribution is -0.126. The molecule has 1 aliphatic heterocycles. The SMILES string of the molecule is CCOc1ccccc1CNC(=O)[C@@H](C)C1CCN(S(=O)(=O)c2ccc(Cl)s2)CC1. The van der Waals surface area contributed by atoms with Gasteiger partial charge in [-0.1, -0.05) is 36.7 Å². The largest absolute Gasteiger partial charge is 0.494 e. The second kappa shape index (κ2) is 10.1. The summed E-state index contributed by atoms with van der Waals surface area (Å²) in [5, 5.41) is 3.00. The number of rotatable bonds is 8. The molecule has 0 spiro atoms. The number of hydrogen-bond acceptors (Lipinski definition) is 5. The van der Waals surface area contributed by atoms with Crippen molar-refractivity contribution in [2.75, 3.05) is 19.7 Å². The van der Waals surface area contributed by atoms with Crippen molar-refractivity contribution < 1.29 is 17.9 Å². The fourth-order valence-electron chi connectivity index (χ4n) is 3.68. The Morgan fingerprint density at radius 1 is 1.27 bits per heavy atom. The first kappa shape index (κ1) is 23.1. The molecule has 1 aromatic heterocycles. The highest BCUT2D eigenvalue weighted by Crippen LogP contribution is 2.32. The van der Waals surface area contributed by atoms with E-state index in [-0.39, 0.29) is 22.0 Å². The van der Waals surface area contributed by atoms with Crippen molar-refractivity contribution in [2.45, 2.75) is 37.4 Å². The van der Waals surface area contributed by atoms with E-state index in [9.17, 15) is 13.2 Å². The van der Waals surface area contributed by atoms with Gasteiger partial charge in [-0.15, -0.1) is 11.3 Å². The predicted molar refractivity (Wildman–Crippen MR) is 119 cm³/mol. The molecular formula is C21H27ClN2O4S2. The number of thiophene rings is 1. The number of carbonyl (C=O) groups is 1. The highest BCUT2D eigenvalue weighted by molar-refractivity contribution is 7.91. The van der Waals surface area contributed by atoms with Crippen LogP contribution >= 0.6 is 22.9 Å². The van der Waals surface area contributed by atoms with Crippen molar-refractivity contribution in [1.29, 1.82) is 0 Å². The molecule has 0 radical (unpaired) electrons. The summed E-state index contributed by atoms with van der Waals surface area (Å²) in [6.45, 7) is 5.64. The number of nitrogens with zero attached hydrogens (tertiary/aromatic N) is 1. The third-order valence-corrected chi connectivity index (χ3v) is 9.08. The summed E-state index contributed by atoms with van der Waals surface area (Å²) in [7, 11) is -3.51. The van der Waals surface area contributed by atoms with E-state index in [4.69, 9.17) is 16.3 Å². The molecule has 9 heteroatoms. The number of benzene rings is 1. The fourth-order valence-corrected chi connectivity index (χ4v) is 6.79. The molecule has 3 rings (SSSR count). The van der Waals surface area contributed by atoms with Crippen molar-refractivity contribution >= 4 is 38.9 Å². The van der Waals surface area contributed by atoms with E-state index in [2.05, 4.69) is 5.32 Å². The van der Waals surface area contributed by atoms with Crippen molar-refractivity contribution in [3.8, 4) is 5.75 Å². The topological polar surface area (TPSA) is 75.7 Å². The molecule has 0 aliphatic carbocycles. The predicted octanol–water partition coefficient (Wildman–Crippen LogP) is 4.15. The number of piperidine rings is 1. The molecule has 30 heavy (non-hydrogen) atoms. The second-order valence-electron chi connectivity index (χ2n) is 7.35. The maximum Gasteiger partial charge on any atom is 0.252 e. The van der Waals surface area contributed by atoms with Crippen LogP contribution in [0.4, 0.5) is 0 Å². The molecule has 2 heterocycles. The zero-order valence-corrected chi connectivity index (χ0v) is 19.5. The van der Waals surface area contributed by atoms with Gasteiger partial charge in [-0.25, -0.2) is 8.42 Å². The van der Waals surface area contributed by atoms with E-state index in [0.717, 1.165) is 22.6 Å². The Morgan fingerprint density at radius 3 is 2.60 bits per heavy atom. The van der Waals surface area contributed by atoms with Crippen LogP contribution in [-0.4, -0.2) is 38.3 Å². The van der Waals surface area contributed by atoms with Crippen LogP contribution in [0.25, 0.3) is 0 Å². The normalized spacial score (nSPS) is 16.9. The lowest BCUT2D eigenvalue weighted by Crippen LogP contribution is -2.42. The molecular weight excluding hydrogens is 444 g/mol. The molecule has 0 saturated carbocycles. The van der Waals surface area contributed by atoms with Gasteiger partial charge in [-0.3, -0.25) is 4.79 Å². The summed E-state index contributed by atoms with van der Waals surface area (Å²) < 4.78 is 33.3. The minimum Gasteiger partial charge on any atom is -0.494 e. The van der Waals surface area contributed by atoms with Crippen molar-refractivity contribution in [3.05, 3.63) is 46.3 Å². The number of sulfonamides is 1. The first-order valence-electron chi connectivity index (χ1n) is 10.1. The summed E-state index contributed by atoms with van der Waals surface area (Å²) in [5.74, 6) is 0.712. The van der Waals surface area contributed by atoms with Crippen LogP contribution in [0.5, 0.6) is 5.75 Å². The number of halogens is 1. The fraction of sp³-hybridized carbons (Fsp3) is 0.476. The molecule has 1 atom stereocenters. The Morgan fingerprint density at radius 2 is 1.97 bits per heavy atom. The average Bonchev–Trinajstić information content (AvgIpc) is 3.20. The van der Waals surface area contributed by atoms with Crippen molar-refractivity contribution in [3.63, 3.8) is 0 Å². The molecule has 0 unspecified atom stereocenters. The number of ether oxygens (including phenoxy) is 1. The van der Waals surface area contributed by atoms with E-state index in [1.54, 1.807) is 12.1 Å². The van der Waals surface area contributed by atoms with Crippen LogP contribution in [0.15, 0.2) is 40.6 Å². The van der Waals surface area contributed by atoms with Gasteiger partial charge in [0.25, 0.3) is 10.0 Å². The maximum atomic E-state index is 12.7. The van der Waals surface area contributed by atoms with Gasteiger partial charge in [0.1, 0.15) is 9.96 Å². The summed E-state index contributed by atoms with van der Waals surface area (Å²) in [5.41, 5.74) is 0.940. The van der Waals surface area contributed by atoms with Gasteiger partial charge in [0.15, 0.2) is 0 Å². The number of hydrogen-bond donors (Lipinski definition) is 1. The molecule has 1 N–H and O–H groups in total. The quantitative estimate of drug-likeness (QED) is 0.628.